The molecule has 0 aromatic rings. The molecule has 0 N–H and O–H groups in total. The highest BCUT2D eigenvalue weighted by Crippen LogP contribution is 2.35. The van der Waals surface area contributed by atoms with Crippen molar-refractivity contribution in [1.29, 1.82) is 0 Å². The van der Waals surface area contributed by atoms with Gasteiger partial charge >= 0.3 is 0 Å². The molecule has 1 heteroatoms. The molecule has 0 heterocycles. The van der Waals surface area contributed by atoms with E-state index in [9.17, 15) is 4.79 Å². The molecule has 1 aliphatic rings. The first-order valence-electron chi connectivity index (χ1n) is 4.43. The number of allylic oxidation sites excluding steroid dienone is 1. The molecular weight excluding hydrogens is 136 g/mol. The number of aldehydes is 1. The zero-order valence-corrected chi connectivity index (χ0v) is 6.96. The van der Waals surface area contributed by atoms with Crippen molar-refractivity contribution < 1.29 is 4.79 Å². The van der Waals surface area contributed by atoms with Crippen LogP contribution in [0.1, 0.15) is 32.1 Å². The average molecular weight is 152 g/mol. The van der Waals surface area contributed by atoms with E-state index in [1.54, 1.807) is 0 Å². The lowest BCUT2D eigenvalue weighted by Gasteiger charge is -2.14. The third kappa shape index (κ3) is 2.18. The molecule has 0 aromatic heterocycles. The molecule has 2 atom stereocenters. The summed E-state index contributed by atoms with van der Waals surface area (Å²) in [5, 5.41) is 0. The van der Waals surface area contributed by atoms with Crippen LogP contribution in [0.3, 0.4) is 0 Å². The number of hydrogen-bond donors (Lipinski definition) is 0. The van der Waals surface area contributed by atoms with Crippen molar-refractivity contribution in [3.63, 3.8) is 0 Å². The summed E-state index contributed by atoms with van der Waals surface area (Å²) < 4.78 is 0. The largest absolute Gasteiger partial charge is 0.303 e. The van der Waals surface area contributed by atoms with Crippen LogP contribution in [0.15, 0.2) is 12.7 Å². The summed E-state index contributed by atoms with van der Waals surface area (Å²) in [5.74, 6) is 1.41. The maximum Gasteiger partial charge on any atom is 0.120 e. The van der Waals surface area contributed by atoms with Crippen molar-refractivity contribution in [2.24, 2.45) is 11.8 Å². The van der Waals surface area contributed by atoms with Crippen LogP contribution in [0.5, 0.6) is 0 Å². The Kier molecular flexibility index (Phi) is 3.34. The van der Waals surface area contributed by atoms with E-state index in [0.29, 0.717) is 5.92 Å². The Labute approximate surface area is 68.5 Å². The van der Waals surface area contributed by atoms with E-state index in [0.717, 1.165) is 25.0 Å². The molecular formula is C10H16O. The fourth-order valence-corrected chi connectivity index (χ4v) is 2.07. The predicted octanol–water partition coefficient (Wildman–Crippen LogP) is 2.57. The molecule has 0 aromatic carbocycles. The smallest absolute Gasteiger partial charge is 0.120 e. The SMILES string of the molecule is C=CC[C@H]1CCC[C@@H]1CC=O. The quantitative estimate of drug-likeness (QED) is 0.447. The Hall–Kier alpha value is -0.590. The highest BCUT2D eigenvalue weighted by molar-refractivity contribution is 5.49. The van der Waals surface area contributed by atoms with E-state index < -0.39 is 0 Å². The second-order valence-electron chi connectivity index (χ2n) is 3.38. The van der Waals surface area contributed by atoms with Gasteiger partial charge < -0.3 is 4.79 Å². The van der Waals surface area contributed by atoms with Crippen LogP contribution in [0, 0.1) is 11.8 Å². The van der Waals surface area contributed by atoms with Crippen LogP contribution < -0.4 is 0 Å². The Bertz CT molecular complexity index is 124. The molecule has 11 heavy (non-hydrogen) atoms. The van der Waals surface area contributed by atoms with E-state index in [4.69, 9.17) is 0 Å². The molecule has 0 amide bonds. The Morgan fingerprint density at radius 3 is 2.45 bits per heavy atom. The van der Waals surface area contributed by atoms with E-state index in [1.165, 1.54) is 19.3 Å². The molecule has 0 saturated heterocycles. The molecule has 0 spiro atoms. The molecule has 1 fully saturated rings. The van der Waals surface area contributed by atoms with Crippen LogP contribution in [0.2, 0.25) is 0 Å². The molecule has 0 aliphatic heterocycles. The van der Waals surface area contributed by atoms with Gasteiger partial charge in [-0.25, -0.2) is 0 Å². The normalized spacial score (nSPS) is 30.2. The van der Waals surface area contributed by atoms with Gasteiger partial charge in [-0.1, -0.05) is 12.5 Å². The maximum absolute atomic E-state index is 10.3. The lowest BCUT2D eigenvalue weighted by atomic mass is 9.91. The average Bonchev–Trinajstić information content (AvgIpc) is 2.39. The minimum atomic E-state index is 0.658. The summed E-state index contributed by atoms with van der Waals surface area (Å²) in [6.45, 7) is 3.73. The van der Waals surface area contributed by atoms with Gasteiger partial charge in [0.15, 0.2) is 0 Å². The fraction of sp³-hybridized carbons (Fsp3) is 0.700. The zero-order valence-electron chi connectivity index (χ0n) is 6.96. The highest BCUT2D eigenvalue weighted by atomic mass is 16.1. The standard InChI is InChI=1S/C10H16O/c1-2-4-9-5-3-6-10(9)7-8-11/h2,8-10H,1,3-7H2/t9-,10+/m0/s1. The highest BCUT2D eigenvalue weighted by Gasteiger charge is 2.25. The van der Waals surface area contributed by atoms with Gasteiger partial charge in [0.2, 0.25) is 0 Å². The summed E-state index contributed by atoms with van der Waals surface area (Å²) in [6, 6.07) is 0. The zero-order chi connectivity index (χ0) is 8.10. The van der Waals surface area contributed by atoms with Crippen LogP contribution in [0.4, 0.5) is 0 Å². The van der Waals surface area contributed by atoms with E-state index in [-0.39, 0.29) is 0 Å². The summed E-state index contributed by atoms with van der Waals surface area (Å²) in [6.07, 6.45) is 8.75. The first kappa shape index (κ1) is 8.51. The first-order valence-corrected chi connectivity index (χ1v) is 4.43. The van der Waals surface area contributed by atoms with Gasteiger partial charge in [-0.2, -0.15) is 0 Å². The second-order valence-corrected chi connectivity index (χ2v) is 3.38. The van der Waals surface area contributed by atoms with Crippen molar-refractivity contribution in [2.75, 3.05) is 0 Å². The molecule has 62 valence electrons. The van der Waals surface area contributed by atoms with Gasteiger partial charge in [-0.15, -0.1) is 6.58 Å². The molecule has 0 unspecified atom stereocenters. The summed E-state index contributed by atoms with van der Waals surface area (Å²) in [7, 11) is 0. The lowest BCUT2D eigenvalue weighted by molar-refractivity contribution is -0.108. The van der Waals surface area contributed by atoms with Crippen molar-refractivity contribution in [3.8, 4) is 0 Å². The van der Waals surface area contributed by atoms with Gasteiger partial charge in [0.25, 0.3) is 0 Å². The molecule has 1 nitrogen and oxygen atoms in total. The van der Waals surface area contributed by atoms with Crippen molar-refractivity contribution in [2.45, 2.75) is 32.1 Å². The minimum Gasteiger partial charge on any atom is -0.303 e. The van der Waals surface area contributed by atoms with Crippen molar-refractivity contribution in [3.05, 3.63) is 12.7 Å². The fourth-order valence-electron chi connectivity index (χ4n) is 2.07. The summed E-state index contributed by atoms with van der Waals surface area (Å²) >= 11 is 0. The third-order valence-electron chi connectivity index (χ3n) is 2.68. The van der Waals surface area contributed by atoms with E-state index in [2.05, 4.69) is 6.58 Å². The van der Waals surface area contributed by atoms with Crippen LogP contribution in [0.25, 0.3) is 0 Å². The number of carbonyl (C=O) groups excluding carboxylic acids is 1. The summed E-state index contributed by atoms with van der Waals surface area (Å²) in [5.41, 5.74) is 0. The first-order chi connectivity index (χ1) is 5.38. The molecule has 1 saturated carbocycles. The Morgan fingerprint density at radius 2 is 1.91 bits per heavy atom. The van der Waals surface area contributed by atoms with Crippen molar-refractivity contribution >= 4 is 6.29 Å². The van der Waals surface area contributed by atoms with Gasteiger partial charge in [0.1, 0.15) is 6.29 Å². The Balaban J connectivity index is 2.36. The Morgan fingerprint density at radius 1 is 1.27 bits per heavy atom. The summed E-state index contributed by atoms with van der Waals surface area (Å²) in [4.78, 5) is 10.3. The monoisotopic (exact) mass is 152 g/mol. The second kappa shape index (κ2) is 4.32. The minimum absolute atomic E-state index is 0.658. The topological polar surface area (TPSA) is 17.1 Å². The van der Waals surface area contributed by atoms with E-state index >= 15 is 0 Å². The molecule has 0 radical (unpaired) electrons. The number of rotatable bonds is 4. The molecule has 1 aliphatic carbocycles. The van der Waals surface area contributed by atoms with Crippen LogP contribution in [-0.2, 0) is 4.79 Å². The van der Waals surface area contributed by atoms with Gasteiger partial charge in [-0.05, 0) is 31.1 Å². The predicted molar refractivity (Wildman–Crippen MR) is 46.3 cm³/mol. The maximum atomic E-state index is 10.3. The van der Waals surface area contributed by atoms with Gasteiger partial charge in [0.05, 0.1) is 0 Å². The molecule has 1 rings (SSSR count). The van der Waals surface area contributed by atoms with Crippen LogP contribution in [-0.4, -0.2) is 6.29 Å². The van der Waals surface area contributed by atoms with Gasteiger partial charge in [-0.3, -0.25) is 0 Å². The van der Waals surface area contributed by atoms with Crippen molar-refractivity contribution in [1.82, 2.24) is 0 Å². The van der Waals surface area contributed by atoms with Crippen LogP contribution >= 0.6 is 0 Å². The number of carbonyl (C=O) groups is 1. The van der Waals surface area contributed by atoms with Gasteiger partial charge in [0, 0.05) is 6.42 Å². The van der Waals surface area contributed by atoms with E-state index in [1.807, 2.05) is 6.08 Å². The third-order valence-corrected chi connectivity index (χ3v) is 2.68. The molecule has 0 bridgehead atoms. The lowest BCUT2D eigenvalue weighted by Crippen LogP contribution is -2.07. The number of hydrogen-bond acceptors (Lipinski definition) is 1.